The first-order chi connectivity index (χ1) is 10.2. The third kappa shape index (κ3) is 16.1. The molecule has 0 radical (unpaired) electrons. The Morgan fingerprint density at radius 2 is 1.38 bits per heavy atom. The molecule has 0 aromatic heterocycles. The third-order valence-electron chi connectivity index (χ3n) is 3.78. The number of unbranched alkanes of at least 4 members (excludes halogenated alkanes) is 10. The fourth-order valence-electron chi connectivity index (χ4n) is 2.36. The van der Waals surface area contributed by atoms with Gasteiger partial charge < -0.3 is 5.73 Å². The van der Waals surface area contributed by atoms with E-state index in [1.54, 1.807) is 0 Å². The maximum atomic E-state index is 10.9. The van der Waals surface area contributed by atoms with E-state index in [1.165, 1.54) is 70.6 Å². The minimum atomic E-state index is -0.173. The molecule has 0 spiro atoms. The van der Waals surface area contributed by atoms with E-state index >= 15 is 0 Å². The van der Waals surface area contributed by atoms with Crippen molar-refractivity contribution in [3.63, 3.8) is 0 Å². The first-order valence-corrected chi connectivity index (χ1v) is 10.0. The zero-order valence-corrected chi connectivity index (χ0v) is 15.9. The number of amides is 1. The van der Waals surface area contributed by atoms with E-state index in [-0.39, 0.29) is 9.83 Å². The summed E-state index contributed by atoms with van der Waals surface area (Å²) in [6, 6.07) is 0. The van der Waals surface area contributed by atoms with E-state index in [0.29, 0.717) is 0 Å². The zero-order chi connectivity index (χ0) is 15.8. The Hall–Kier alpha value is -0.0600. The lowest BCUT2D eigenvalue weighted by Crippen LogP contribution is -2.22. The summed E-state index contributed by atoms with van der Waals surface area (Å²) in [6.07, 6.45) is 21.3. The van der Waals surface area contributed by atoms with Gasteiger partial charge in [0.25, 0.3) is 0 Å². The quantitative estimate of drug-likeness (QED) is 0.156. The van der Waals surface area contributed by atoms with Crippen LogP contribution in [0.15, 0.2) is 12.2 Å². The lowest BCUT2D eigenvalue weighted by molar-refractivity contribution is -0.117. The van der Waals surface area contributed by atoms with Gasteiger partial charge in [0.05, 0.1) is 3.92 Å². The van der Waals surface area contributed by atoms with Gasteiger partial charge in [-0.25, -0.2) is 0 Å². The van der Waals surface area contributed by atoms with Crippen molar-refractivity contribution in [3.05, 3.63) is 12.2 Å². The second-order valence-corrected chi connectivity index (χ2v) is 7.39. The second kappa shape index (κ2) is 16.3. The van der Waals surface area contributed by atoms with Crippen LogP contribution in [0.5, 0.6) is 0 Å². The van der Waals surface area contributed by atoms with E-state index in [4.69, 9.17) is 5.73 Å². The van der Waals surface area contributed by atoms with Crippen LogP contribution in [0.25, 0.3) is 0 Å². The molecule has 0 saturated carbocycles. The molecule has 0 aromatic carbocycles. The molecular formula is C18H34INO. The molecule has 2 nitrogen and oxygen atoms in total. The molecule has 0 fully saturated rings. The molecule has 3 heteroatoms. The van der Waals surface area contributed by atoms with Crippen LogP contribution < -0.4 is 5.73 Å². The van der Waals surface area contributed by atoms with Crippen LogP contribution in [0.3, 0.4) is 0 Å². The SMILES string of the molecule is CCCCCCCC/C=C\CCCCCCC(I)C(N)=O. The van der Waals surface area contributed by atoms with Gasteiger partial charge in [0.1, 0.15) is 0 Å². The highest BCUT2D eigenvalue weighted by Gasteiger charge is 2.08. The lowest BCUT2D eigenvalue weighted by atomic mass is 10.1. The van der Waals surface area contributed by atoms with E-state index in [9.17, 15) is 4.79 Å². The highest BCUT2D eigenvalue weighted by atomic mass is 127. The van der Waals surface area contributed by atoms with Gasteiger partial charge >= 0.3 is 0 Å². The number of carbonyl (C=O) groups is 1. The molecule has 0 aliphatic carbocycles. The van der Waals surface area contributed by atoms with Gasteiger partial charge in [0.2, 0.25) is 5.91 Å². The van der Waals surface area contributed by atoms with Gasteiger partial charge in [-0.15, -0.1) is 0 Å². The fourth-order valence-corrected chi connectivity index (χ4v) is 2.80. The van der Waals surface area contributed by atoms with E-state index in [2.05, 4.69) is 41.7 Å². The standard InChI is InChI=1S/C18H34INO/c1-2-3-4-5-6-7-8-9-10-11-12-13-14-15-16-17(19)18(20)21/h9-10,17H,2-8,11-16H2,1H3,(H2,20,21)/b10-9-. The minimum Gasteiger partial charge on any atom is -0.369 e. The average molecular weight is 407 g/mol. The van der Waals surface area contributed by atoms with E-state index in [0.717, 1.165) is 12.8 Å². The van der Waals surface area contributed by atoms with Crippen molar-refractivity contribution in [2.75, 3.05) is 0 Å². The van der Waals surface area contributed by atoms with E-state index in [1.807, 2.05) is 0 Å². The van der Waals surface area contributed by atoms with Gasteiger partial charge in [0.15, 0.2) is 0 Å². The second-order valence-electron chi connectivity index (χ2n) is 5.89. The number of nitrogens with two attached hydrogens (primary N) is 1. The summed E-state index contributed by atoms with van der Waals surface area (Å²) in [5.41, 5.74) is 5.23. The van der Waals surface area contributed by atoms with Crippen LogP contribution in [-0.2, 0) is 4.79 Å². The van der Waals surface area contributed by atoms with Gasteiger partial charge in [-0.3, -0.25) is 4.79 Å². The number of halogens is 1. The molecular weight excluding hydrogens is 373 g/mol. The van der Waals surface area contributed by atoms with Gasteiger partial charge in [-0.05, 0) is 32.1 Å². The Morgan fingerprint density at radius 3 is 1.90 bits per heavy atom. The Bertz CT molecular complexity index is 266. The highest BCUT2D eigenvalue weighted by Crippen LogP contribution is 2.13. The summed E-state index contributed by atoms with van der Waals surface area (Å²) < 4.78 is 0.0137. The summed E-state index contributed by atoms with van der Waals surface area (Å²) in [5, 5.41) is 0. The predicted octanol–water partition coefficient (Wildman–Crippen LogP) is 5.92. The summed E-state index contributed by atoms with van der Waals surface area (Å²) in [7, 11) is 0. The van der Waals surface area contributed by atoms with Crippen molar-refractivity contribution in [2.24, 2.45) is 5.73 Å². The van der Waals surface area contributed by atoms with Crippen LogP contribution in [-0.4, -0.2) is 9.83 Å². The number of primary amides is 1. The molecule has 0 bridgehead atoms. The van der Waals surface area contributed by atoms with Gasteiger partial charge in [0, 0.05) is 0 Å². The van der Waals surface area contributed by atoms with Crippen LogP contribution in [0, 0.1) is 0 Å². The molecule has 0 rings (SSSR count). The molecule has 2 N–H and O–H groups in total. The monoisotopic (exact) mass is 407 g/mol. The summed E-state index contributed by atoms with van der Waals surface area (Å²) in [5.74, 6) is -0.173. The van der Waals surface area contributed by atoms with Crippen molar-refractivity contribution in [1.29, 1.82) is 0 Å². The molecule has 0 aliphatic heterocycles. The van der Waals surface area contributed by atoms with Crippen LogP contribution in [0.2, 0.25) is 0 Å². The molecule has 1 atom stereocenters. The van der Waals surface area contributed by atoms with Gasteiger partial charge in [-0.1, -0.05) is 93.0 Å². The largest absolute Gasteiger partial charge is 0.369 e. The van der Waals surface area contributed by atoms with Crippen LogP contribution in [0.1, 0.15) is 90.4 Å². The lowest BCUT2D eigenvalue weighted by Gasteiger charge is -2.04. The van der Waals surface area contributed by atoms with Crippen LogP contribution in [0.4, 0.5) is 0 Å². The number of carbonyl (C=O) groups excluding carboxylic acids is 1. The Balaban J connectivity index is 3.17. The number of rotatable bonds is 15. The first kappa shape index (κ1) is 20.9. The third-order valence-corrected chi connectivity index (χ3v) is 5.01. The molecule has 124 valence electrons. The van der Waals surface area contributed by atoms with Crippen molar-refractivity contribution in [2.45, 2.75) is 94.3 Å². The van der Waals surface area contributed by atoms with Crippen molar-refractivity contribution in [1.82, 2.24) is 0 Å². The average Bonchev–Trinajstić information content (AvgIpc) is 2.47. The Kier molecular flexibility index (Phi) is 16.3. The number of alkyl halides is 1. The molecule has 1 unspecified atom stereocenters. The maximum Gasteiger partial charge on any atom is 0.230 e. The first-order valence-electron chi connectivity index (χ1n) is 8.76. The van der Waals surface area contributed by atoms with Gasteiger partial charge in [-0.2, -0.15) is 0 Å². The fraction of sp³-hybridized carbons (Fsp3) is 0.833. The topological polar surface area (TPSA) is 43.1 Å². The molecule has 0 aliphatic rings. The van der Waals surface area contributed by atoms with Crippen LogP contribution >= 0.6 is 22.6 Å². The normalized spacial score (nSPS) is 12.9. The number of hydrogen-bond acceptors (Lipinski definition) is 1. The van der Waals surface area contributed by atoms with Crippen molar-refractivity contribution >= 4 is 28.5 Å². The summed E-state index contributed by atoms with van der Waals surface area (Å²) in [4.78, 5) is 10.9. The molecule has 21 heavy (non-hydrogen) atoms. The minimum absolute atomic E-state index is 0.0137. The molecule has 0 saturated heterocycles. The molecule has 1 amide bonds. The zero-order valence-electron chi connectivity index (χ0n) is 13.8. The Morgan fingerprint density at radius 1 is 0.905 bits per heavy atom. The number of hydrogen-bond donors (Lipinski definition) is 1. The molecule has 0 heterocycles. The smallest absolute Gasteiger partial charge is 0.230 e. The Labute approximate surface area is 145 Å². The van der Waals surface area contributed by atoms with Crippen molar-refractivity contribution < 1.29 is 4.79 Å². The molecule has 0 aromatic rings. The number of allylic oxidation sites excluding steroid dienone is 2. The van der Waals surface area contributed by atoms with E-state index < -0.39 is 0 Å². The predicted molar refractivity (Wildman–Crippen MR) is 102 cm³/mol. The maximum absolute atomic E-state index is 10.9. The highest BCUT2D eigenvalue weighted by molar-refractivity contribution is 14.1. The summed E-state index contributed by atoms with van der Waals surface area (Å²) >= 11 is 2.14. The van der Waals surface area contributed by atoms with Crippen molar-refractivity contribution in [3.8, 4) is 0 Å². The summed E-state index contributed by atoms with van der Waals surface area (Å²) in [6.45, 7) is 2.26.